The molecule has 1 aromatic heterocycles. The minimum atomic E-state index is 0.179. The fourth-order valence-corrected chi connectivity index (χ4v) is 2.46. The highest BCUT2D eigenvalue weighted by atomic mass is 16.2. The molecule has 1 aliphatic heterocycles. The van der Waals surface area contributed by atoms with Crippen molar-refractivity contribution in [2.24, 2.45) is 5.92 Å². The van der Waals surface area contributed by atoms with E-state index in [2.05, 4.69) is 15.3 Å². The average Bonchev–Trinajstić information content (AvgIpc) is 2.39. The molecular formula is C13H20N4O. The van der Waals surface area contributed by atoms with Crippen molar-refractivity contribution in [3.05, 3.63) is 18.1 Å². The zero-order valence-corrected chi connectivity index (χ0v) is 11.0. The number of hydrogen-bond acceptors (Lipinski definition) is 4. The highest BCUT2D eigenvalue weighted by Crippen LogP contribution is 2.20. The first-order valence-corrected chi connectivity index (χ1v) is 6.43. The summed E-state index contributed by atoms with van der Waals surface area (Å²) in [6.07, 6.45) is 4.77. The third kappa shape index (κ3) is 3.18. The van der Waals surface area contributed by atoms with Crippen LogP contribution in [0.15, 0.2) is 12.4 Å². The van der Waals surface area contributed by atoms with Crippen LogP contribution >= 0.6 is 0 Å². The molecule has 1 saturated heterocycles. The molecule has 0 unspecified atom stereocenters. The molecule has 0 bridgehead atoms. The SMILES string of the molecule is CNc1cc(C[C@H]2CCCN(C(C)=O)C2)ncn1. The van der Waals surface area contributed by atoms with Crippen molar-refractivity contribution in [1.82, 2.24) is 14.9 Å². The van der Waals surface area contributed by atoms with Crippen LogP contribution < -0.4 is 5.32 Å². The van der Waals surface area contributed by atoms with E-state index in [1.54, 1.807) is 13.3 Å². The molecule has 18 heavy (non-hydrogen) atoms. The number of carbonyl (C=O) groups is 1. The van der Waals surface area contributed by atoms with Crippen LogP contribution in [0.5, 0.6) is 0 Å². The van der Waals surface area contributed by atoms with Gasteiger partial charge in [0, 0.05) is 38.8 Å². The first-order chi connectivity index (χ1) is 8.69. The Hall–Kier alpha value is -1.65. The number of anilines is 1. The molecular weight excluding hydrogens is 228 g/mol. The van der Waals surface area contributed by atoms with Crippen molar-refractivity contribution in [2.45, 2.75) is 26.2 Å². The van der Waals surface area contributed by atoms with E-state index < -0.39 is 0 Å². The molecule has 0 aliphatic carbocycles. The topological polar surface area (TPSA) is 58.1 Å². The van der Waals surface area contributed by atoms with Gasteiger partial charge < -0.3 is 10.2 Å². The lowest BCUT2D eigenvalue weighted by Gasteiger charge is -2.31. The van der Waals surface area contributed by atoms with Gasteiger partial charge in [-0.1, -0.05) is 0 Å². The number of piperidine rings is 1. The average molecular weight is 248 g/mol. The van der Waals surface area contributed by atoms with Gasteiger partial charge in [0.1, 0.15) is 12.1 Å². The van der Waals surface area contributed by atoms with Crippen molar-refractivity contribution in [1.29, 1.82) is 0 Å². The van der Waals surface area contributed by atoms with Crippen LogP contribution in [-0.4, -0.2) is 40.9 Å². The summed E-state index contributed by atoms with van der Waals surface area (Å²) < 4.78 is 0. The van der Waals surface area contributed by atoms with E-state index >= 15 is 0 Å². The second-order valence-electron chi connectivity index (χ2n) is 4.82. The fraction of sp³-hybridized carbons (Fsp3) is 0.615. The van der Waals surface area contributed by atoms with Crippen molar-refractivity contribution < 1.29 is 4.79 Å². The van der Waals surface area contributed by atoms with Crippen LogP contribution in [0.1, 0.15) is 25.5 Å². The minimum absolute atomic E-state index is 0.179. The lowest BCUT2D eigenvalue weighted by molar-refractivity contribution is -0.130. The minimum Gasteiger partial charge on any atom is -0.373 e. The van der Waals surface area contributed by atoms with Crippen molar-refractivity contribution >= 4 is 11.7 Å². The molecule has 0 saturated carbocycles. The van der Waals surface area contributed by atoms with Gasteiger partial charge in [-0.3, -0.25) is 4.79 Å². The van der Waals surface area contributed by atoms with Crippen LogP contribution in [0.4, 0.5) is 5.82 Å². The molecule has 1 fully saturated rings. The normalized spacial score (nSPS) is 19.7. The van der Waals surface area contributed by atoms with E-state index in [9.17, 15) is 4.79 Å². The molecule has 5 heteroatoms. The lowest BCUT2D eigenvalue weighted by atomic mass is 9.93. The van der Waals surface area contributed by atoms with Gasteiger partial charge in [-0.15, -0.1) is 0 Å². The molecule has 5 nitrogen and oxygen atoms in total. The Morgan fingerprint density at radius 2 is 2.39 bits per heavy atom. The standard InChI is InChI=1S/C13H20N4O/c1-10(18)17-5-3-4-11(8-17)6-12-7-13(14-2)16-9-15-12/h7,9,11H,3-6,8H2,1-2H3,(H,14,15,16)/t11-/m1/s1. The zero-order valence-electron chi connectivity index (χ0n) is 11.0. The summed E-state index contributed by atoms with van der Waals surface area (Å²) in [5.41, 5.74) is 1.05. The molecule has 0 radical (unpaired) electrons. The van der Waals surface area contributed by atoms with Gasteiger partial charge in [-0.05, 0) is 25.2 Å². The number of nitrogens with one attached hydrogen (secondary N) is 1. The Morgan fingerprint density at radius 3 is 3.11 bits per heavy atom. The molecule has 1 aromatic rings. The zero-order chi connectivity index (χ0) is 13.0. The number of likely N-dealkylation sites (tertiary alicyclic amines) is 1. The van der Waals surface area contributed by atoms with E-state index in [1.807, 2.05) is 18.0 Å². The van der Waals surface area contributed by atoms with E-state index in [-0.39, 0.29) is 5.91 Å². The number of rotatable bonds is 3. The molecule has 1 aliphatic rings. The van der Waals surface area contributed by atoms with Crippen LogP contribution in [0.3, 0.4) is 0 Å². The lowest BCUT2D eigenvalue weighted by Crippen LogP contribution is -2.39. The molecule has 98 valence electrons. The van der Waals surface area contributed by atoms with E-state index in [1.165, 1.54) is 6.42 Å². The third-order valence-electron chi connectivity index (χ3n) is 3.44. The summed E-state index contributed by atoms with van der Waals surface area (Å²) >= 11 is 0. The predicted octanol–water partition coefficient (Wildman–Crippen LogP) is 1.32. The Bertz CT molecular complexity index is 421. The molecule has 0 aromatic carbocycles. The number of amides is 1. The second kappa shape index (κ2) is 5.80. The fourth-order valence-electron chi connectivity index (χ4n) is 2.46. The molecule has 2 rings (SSSR count). The van der Waals surface area contributed by atoms with Gasteiger partial charge >= 0.3 is 0 Å². The molecule has 1 amide bonds. The van der Waals surface area contributed by atoms with E-state index in [4.69, 9.17) is 0 Å². The number of hydrogen-bond donors (Lipinski definition) is 1. The van der Waals surface area contributed by atoms with E-state index in [0.717, 1.165) is 37.4 Å². The maximum Gasteiger partial charge on any atom is 0.219 e. The number of carbonyl (C=O) groups excluding carboxylic acids is 1. The van der Waals surface area contributed by atoms with Crippen LogP contribution in [0, 0.1) is 5.92 Å². The summed E-state index contributed by atoms with van der Waals surface area (Å²) in [6.45, 7) is 3.40. The maximum atomic E-state index is 11.4. The van der Waals surface area contributed by atoms with Crippen molar-refractivity contribution in [3.63, 3.8) is 0 Å². The summed E-state index contributed by atoms with van der Waals surface area (Å²) in [5, 5.41) is 3.02. The van der Waals surface area contributed by atoms with Gasteiger partial charge in [-0.2, -0.15) is 0 Å². The first-order valence-electron chi connectivity index (χ1n) is 6.43. The molecule has 1 N–H and O–H groups in total. The summed E-state index contributed by atoms with van der Waals surface area (Å²) in [7, 11) is 1.85. The molecule has 0 spiro atoms. The van der Waals surface area contributed by atoms with Crippen molar-refractivity contribution in [3.8, 4) is 0 Å². The Kier molecular flexibility index (Phi) is 4.12. The van der Waals surface area contributed by atoms with Crippen LogP contribution in [0.25, 0.3) is 0 Å². The van der Waals surface area contributed by atoms with Gasteiger partial charge in [0.2, 0.25) is 5.91 Å². The smallest absolute Gasteiger partial charge is 0.219 e. The summed E-state index contributed by atoms with van der Waals surface area (Å²) in [6, 6.07) is 1.98. The first kappa shape index (κ1) is 12.8. The number of nitrogens with zero attached hydrogens (tertiary/aromatic N) is 3. The van der Waals surface area contributed by atoms with Gasteiger partial charge in [0.25, 0.3) is 0 Å². The largest absolute Gasteiger partial charge is 0.373 e. The van der Waals surface area contributed by atoms with Gasteiger partial charge in [0.05, 0.1) is 0 Å². The van der Waals surface area contributed by atoms with Gasteiger partial charge in [-0.25, -0.2) is 9.97 Å². The van der Waals surface area contributed by atoms with Crippen LogP contribution in [-0.2, 0) is 11.2 Å². The highest BCUT2D eigenvalue weighted by Gasteiger charge is 2.22. The Balaban J connectivity index is 1.97. The summed E-state index contributed by atoms with van der Waals surface area (Å²) in [5.74, 6) is 1.54. The maximum absolute atomic E-state index is 11.4. The van der Waals surface area contributed by atoms with Gasteiger partial charge in [0.15, 0.2) is 0 Å². The predicted molar refractivity (Wildman–Crippen MR) is 70.3 cm³/mol. The monoisotopic (exact) mass is 248 g/mol. The highest BCUT2D eigenvalue weighted by molar-refractivity contribution is 5.73. The quantitative estimate of drug-likeness (QED) is 0.876. The Labute approximate surface area is 108 Å². The second-order valence-corrected chi connectivity index (χ2v) is 4.82. The van der Waals surface area contributed by atoms with E-state index in [0.29, 0.717) is 5.92 Å². The summed E-state index contributed by atoms with van der Waals surface area (Å²) in [4.78, 5) is 21.7. The molecule has 2 heterocycles. The number of aromatic nitrogens is 2. The van der Waals surface area contributed by atoms with Crippen LogP contribution in [0.2, 0.25) is 0 Å². The Morgan fingerprint density at radius 1 is 1.56 bits per heavy atom. The third-order valence-corrected chi connectivity index (χ3v) is 3.44. The van der Waals surface area contributed by atoms with Crippen molar-refractivity contribution in [2.75, 3.05) is 25.5 Å². The molecule has 1 atom stereocenters.